The van der Waals surface area contributed by atoms with E-state index < -0.39 is 11.9 Å². The largest absolute Gasteiger partial charge is 0.482 e. The Hall–Kier alpha value is -3.60. The van der Waals surface area contributed by atoms with Crippen LogP contribution in [0.3, 0.4) is 0 Å². The second kappa shape index (κ2) is 11.3. The molecule has 0 N–H and O–H groups in total. The summed E-state index contributed by atoms with van der Waals surface area (Å²) in [5.74, 6) is -0.141. The van der Waals surface area contributed by atoms with Crippen molar-refractivity contribution >= 4 is 11.9 Å². The Kier molecular flexibility index (Phi) is 8.25. The average molecular weight is 447 g/mol. The number of carbonyl (C=O) groups is 2. The third kappa shape index (κ3) is 7.79. The summed E-state index contributed by atoms with van der Waals surface area (Å²) in [6, 6.07) is 24.1. The second-order valence-electron chi connectivity index (χ2n) is 8.79. The van der Waals surface area contributed by atoms with E-state index in [9.17, 15) is 9.59 Å². The first-order valence-electron chi connectivity index (χ1n) is 11.1. The molecular weight excluding hydrogens is 416 g/mol. The first-order valence-corrected chi connectivity index (χ1v) is 11.1. The topological polar surface area (TPSA) is 61.8 Å². The van der Waals surface area contributed by atoms with Crippen molar-refractivity contribution < 1.29 is 23.8 Å². The summed E-state index contributed by atoms with van der Waals surface area (Å²) >= 11 is 0. The molecule has 0 atom stereocenters. The molecule has 3 aromatic carbocycles. The third-order valence-electron chi connectivity index (χ3n) is 5.06. The maximum absolute atomic E-state index is 12.3. The van der Waals surface area contributed by atoms with Crippen molar-refractivity contribution in [2.24, 2.45) is 0 Å². The molecule has 0 heterocycles. The fourth-order valence-electron chi connectivity index (χ4n) is 3.21. The van der Waals surface area contributed by atoms with Gasteiger partial charge in [0.1, 0.15) is 11.5 Å². The molecule has 3 rings (SSSR count). The maximum atomic E-state index is 12.3. The lowest BCUT2D eigenvalue weighted by atomic mass is 9.87. The quantitative estimate of drug-likeness (QED) is 0.238. The van der Waals surface area contributed by atoms with Gasteiger partial charge in [-0.15, -0.1) is 0 Å². The van der Waals surface area contributed by atoms with Gasteiger partial charge in [-0.25, -0.2) is 9.59 Å². The summed E-state index contributed by atoms with van der Waals surface area (Å²) in [6.45, 7) is 6.49. The summed E-state index contributed by atoms with van der Waals surface area (Å²) in [5.41, 5.74) is 2.76. The second-order valence-corrected chi connectivity index (χ2v) is 8.79. The highest BCUT2D eigenvalue weighted by Crippen LogP contribution is 2.24. The van der Waals surface area contributed by atoms with Crippen LogP contribution in [0.25, 0.3) is 0 Å². The van der Waals surface area contributed by atoms with Crippen LogP contribution in [0.5, 0.6) is 11.5 Å². The highest BCUT2D eigenvalue weighted by Gasteiger charge is 2.14. The Bertz CT molecular complexity index is 1050. The predicted molar refractivity (Wildman–Crippen MR) is 128 cm³/mol. The molecule has 0 unspecified atom stereocenters. The lowest BCUT2D eigenvalue weighted by Gasteiger charge is -2.19. The van der Waals surface area contributed by atoms with Crippen LogP contribution in [0.2, 0.25) is 0 Å². The number of hydrogen-bond acceptors (Lipinski definition) is 5. The summed E-state index contributed by atoms with van der Waals surface area (Å²) in [7, 11) is 0. The van der Waals surface area contributed by atoms with Crippen LogP contribution in [0.1, 0.15) is 48.7 Å². The van der Waals surface area contributed by atoms with E-state index in [0.717, 1.165) is 12.8 Å². The van der Waals surface area contributed by atoms with Crippen LogP contribution in [-0.4, -0.2) is 25.2 Å². The molecular formula is C28H30O5. The first-order chi connectivity index (χ1) is 15.8. The first kappa shape index (κ1) is 24.1. The Balaban J connectivity index is 1.44. The minimum absolute atomic E-state index is 0.0471. The zero-order chi connectivity index (χ0) is 23.7. The monoisotopic (exact) mass is 446 g/mol. The Morgan fingerprint density at radius 1 is 0.818 bits per heavy atom. The number of aryl methyl sites for hydroxylation is 1. The number of benzene rings is 3. The highest BCUT2D eigenvalue weighted by atomic mass is 16.6. The Morgan fingerprint density at radius 2 is 1.55 bits per heavy atom. The Labute approximate surface area is 195 Å². The van der Waals surface area contributed by atoms with E-state index in [1.807, 2.05) is 54.6 Å². The van der Waals surface area contributed by atoms with Crippen LogP contribution in [0, 0.1) is 0 Å². The zero-order valence-corrected chi connectivity index (χ0v) is 19.4. The third-order valence-corrected chi connectivity index (χ3v) is 5.06. The Morgan fingerprint density at radius 3 is 2.24 bits per heavy atom. The number of ether oxygens (including phenoxy) is 3. The molecule has 0 radical (unpaired) electrons. The van der Waals surface area contributed by atoms with Gasteiger partial charge in [-0.3, -0.25) is 0 Å². The van der Waals surface area contributed by atoms with Gasteiger partial charge in [-0.2, -0.15) is 0 Å². The molecule has 0 spiro atoms. The van der Waals surface area contributed by atoms with Crippen LogP contribution < -0.4 is 9.47 Å². The van der Waals surface area contributed by atoms with Crippen LogP contribution in [0.4, 0.5) is 0 Å². The molecule has 0 saturated heterocycles. The van der Waals surface area contributed by atoms with Gasteiger partial charge in [0.15, 0.2) is 6.61 Å². The van der Waals surface area contributed by atoms with E-state index in [-0.39, 0.29) is 17.8 Å². The molecule has 0 aromatic heterocycles. The smallest absolute Gasteiger partial charge is 0.349 e. The highest BCUT2D eigenvalue weighted by molar-refractivity contribution is 5.90. The van der Waals surface area contributed by atoms with Crippen molar-refractivity contribution in [1.82, 2.24) is 0 Å². The van der Waals surface area contributed by atoms with Crippen molar-refractivity contribution in [1.29, 1.82) is 0 Å². The van der Waals surface area contributed by atoms with Gasteiger partial charge in [0.2, 0.25) is 0 Å². The van der Waals surface area contributed by atoms with Crippen LogP contribution in [0.15, 0.2) is 78.9 Å². The van der Waals surface area contributed by atoms with Gasteiger partial charge in [0.05, 0.1) is 12.2 Å². The van der Waals surface area contributed by atoms with Gasteiger partial charge in [-0.05, 0) is 59.7 Å². The molecule has 3 aromatic rings. The van der Waals surface area contributed by atoms with Crippen LogP contribution >= 0.6 is 0 Å². The fourth-order valence-corrected chi connectivity index (χ4v) is 3.21. The zero-order valence-electron chi connectivity index (χ0n) is 19.4. The van der Waals surface area contributed by atoms with Crippen molar-refractivity contribution in [3.8, 4) is 11.5 Å². The predicted octanol–water partition coefficient (Wildman–Crippen LogP) is 5.76. The molecule has 5 heteroatoms. The average Bonchev–Trinajstić information content (AvgIpc) is 2.81. The molecule has 0 saturated carbocycles. The maximum Gasteiger partial charge on any atom is 0.349 e. The van der Waals surface area contributed by atoms with Crippen LogP contribution in [-0.2, 0) is 21.4 Å². The van der Waals surface area contributed by atoms with Gasteiger partial charge in [0, 0.05) is 0 Å². The fraction of sp³-hybridized carbons (Fsp3) is 0.286. The lowest BCUT2D eigenvalue weighted by molar-refractivity contribution is -0.136. The van der Waals surface area contributed by atoms with Crippen molar-refractivity contribution in [3.05, 3.63) is 95.6 Å². The molecule has 0 bridgehead atoms. The lowest BCUT2D eigenvalue weighted by Crippen LogP contribution is -2.18. The van der Waals surface area contributed by atoms with Crippen molar-refractivity contribution in [3.63, 3.8) is 0 Å². The standard InChI is InChI=1S/C28H30O5/c1-28(2,3)23-14-16-24(17-15-23)32-20-26(29)33-25-13-7-12-22(19-25)27(30)31-18-8-11-21-9-5-4-6-10-21/h4-7,9-10,12-17,19H,8,11,18,20H2,1-3H3. The van der Waals surface area contributed by atoms with E-state index in [4.69, 9.17) is 14.2 Å². The normalized spacial score (nSPS) is 11.0. The number of hydrogen-bond donors (Lipinski definition) is 0. The number of rotatable bonds is 9. The van der Waals surface area contributed by atoms with E-state index in [2.05, 4.69) is 20.8 Å². The minimum Gasteiger partial charge on any atom is -0.482 e. The molecule has 0 aliphatic heterocycles. The molecule has 0 aliphatic rings. The van der Waals surface area contributed by atoms with Gasteiger partial charge >= 0.3 is 11.9 Å². The molecule has 5 nitrogen and oxygen atoms in total. The summed E-state index contributed by atoms with van der Waals surface area (Å²) in [6.07, 6.45) is 1.57. The van der Waals surface area contributed by atoms with Gasteiger partial charge < -0.3 is 14.2 Å². The summed E-state index contributed by atoms with van der Waals surface area (Å²) in [4.78, 5) is 24.5. The summed E-state index contributed by atoms with van der Waals surface area (Å²) in [5, 5.41) is 0. The van der Waals surface area contributed by atoms with E-state index >= 15 is 0 Å². The van der Waals surface area contributed by atoms with E-state index in [1.165, 1.54) is 17.2 Å². The van der Waals surface area contributed by atoms with E-state index in [0.29, 0.717) is 17.9 Å². The minimum atomic E-state index is -0.553. The number of carbonyl (C=O) groups excluding carboxylic acids is 2. The molecule has 0 amide bonds. The van der Waals surface area contributed by atoms with E-state index in [1.54, 1.807) is 18.2 Å². The molecule has 33 heavy (non-hydrogen) atoms. The van der Waals surface area contributed by atoms with Crippen molar-refractivity contribution in [2.75, 3.05) is 13.2 Å². The van der Waals surface area contributed by atoms with Crippen molar-refractivity contribution in [2.45, 2.75) is 39.0 Å². The summed E-state index contributed by atoms with van der Waals surface area (Å²) < 4.78 is 16.2. The molecule has 0 fully saturated rings. The SMILES string of the molecule is CC(C)(C)c1ccc(OCC(=O)Oc2cccc(C(=O)OCCCc3ccccc3)c2)cc1. The molecule has 0 aliphatic carbocycles. The molecule has 172 valence electrons. The van der Waals surface area contributed by atoms with Gasteiger partial charge in [0.25, 0.3) is 0 Å². The number of esters is 2. The van der Waals surface area contributed by atoms with Gasteiger partial charge in [-0.1, -0.05) is 69.3 Å².